The molecule has 2 atom stereocenters. The summed E-state index contributed by atoms with van der Waals surface area (Å²) in [5, 5.41) is 9.62. The molecule has 0 aromatic heterocycles. The van der Waals surface area contributed by atoms with E-state index in [9.17, 15) is 24.3 Å². The van der Waals surface area contributed by atoms with Crippen LogP contribution in [0.15, 0.2) is 54.1 Å². The van der Waals surface area contributed by atoms with E-state index in [1.54, 1.807) is 49.4 Å². The van der Waals surface area contributed by atoms with E-state index in [0.29, 0.717) is 16.7 Å². The molecule has 0 bridgehead atoms. The van der Waals surface area contributed by atoms with Gasteiger partial charge in [-0.25, -0.2) is 0 Å². The fourth-order valence-electron chi connectivity index (χ4n) is 3.48. The van der Waals surface area contributed by atoms with Crippen molar-refractivity contribution in [2.75, 3.05) is 0 Å². The van der Waals surface area contributed by atoms with Crippen LogP contribution in [-0.2, 0) is 9.53 Å². The van der Waals surface area contributed by atoms with Crippen LogP contribution in [-0.4, -0.2) is 39.9 Å². The Labute approximate surface area is 160 Å². The molecule has 6 nitrogen and oxygen atoms in total. The first-order valence-corrected chi connectivity index (χ1v) is 8.71. The molecule has 5 rings (SSSR count). The van der Waals surface area contributed by atoms with Crippen LogP contribution in [0.3, 0.4) is 0 Å². The zero-order valence-electron chi connectivity index (χ0n) is 15.2. The maximum absolute atomic E-state index is 11.8. The monoisotopic (exact) mass is 376 g/mol. The summed E-state index contributed by atoms with van der Waals surface area (Å²) in [7, 11) is 0. The minimum atomic E-state index is -0.870. The van der Waals surface area contributed by atoms with Crippen molar-refractivity contribution in [2.45, 2.75) is 25.6 Å². The minimum Gasteiger partial charge on any atom is -0.507 e. The van der Waals surface area contributed by atoms with Gasteiger partial charge in [-0.05, 0) is 13.8 Å². The van der Waals surface area contributed by atoms with E-state index < -0.39 is 23.3 Å². The number of aliphatic hydroxyl groups excluding tert-OH is 1. The van der Waals surface area contributed by atoms with Gasteiger partial charge in [-0.15, -0.1) is 0 Å². The SMILES string of the molecule is CC12OC1C(=O)c1ccccc1C2=O.CC1=C(O)c2ccccc2C(=O)C1=O. The summed E-state index contributed by atoms with van der Waals surface area (Å²) in [6.45, 7) is 3.12. The lowest BCUT2D eigenvalue weighted by Crippen LogP contribution is -2.34. The van der Waals surface area contributed by atoms with Crippen LogP contribution in [0.5, 0.6) is 0 Å². The Bertz CT molecular complexity index is 1110. The lowest BCUT2D eigenvalue weighted by atomic mass is 9.83. The molecule has 0 saturated carbocycles. The van der Waals surface area contributed by atoms with Crippen molar-refractivity contribution < 1.29 is 29.0 Å². The lowest BCUT2D eigenvalue weighted by Gasteiger charge is -2.14. The van der Waals surface area contributed by atoms with Crippen molar-refractivity contribution in [3.05, 3.63) is 76.4 Å². The highest BCUT2D eigenvalue weighted by Crippen LogP contribution is 2.45. The molecule has 1 heterocycles. The maximum Gasteiger partial charge on any atom is 0.234 e. The molecule has 28 heavy (non-hydrogen) atoms. The number of carbonyl (C=O) groups excluding carboxylic acids is 4. The fraction of sp³-hybridized carbons (Fsp3) is 0.182. The highest BCUT2D eigenvalue weighted by molar-refractivity contribution is 6.52. The van der Waals surface area contributed by atoms with Crippen molar-refractivity contribution in [2.24, 2.45) is 0 Å². The summed E-state index contributed by atoms with van der Waals surface area (Å²) in [5.74, 6) is -1.40. The number of carbonyl (C=O) groups is 4. The van der Waals surface area contributed by atoms with Gasteiger partial charge >= 0.3 is 0 Å². The van der Waals surface area contributed by atoms with E-state index in [4.69, 9.17) is 4.74 Å². The van der Waals surface area contributed by atoms with Gasteiger partial charge < -0.3 is 9.84 Å². The molecule has 1 saturated heterocycles. The number of ketones is 4. The van der Waals surface area contributed by atoms with Crippen LogP contribution in [0.25, 0.3) is 5.76 Å². The predicted molar refractivity (Wildman–Crippen MR) is 99.4 cm³/mol. The van der Waals surface area contributed by atoms with E-state index in [2.05, 4.69) is 0 Å². The quantitative estimate of drug-likeness (QED) is 0.560. The molecular formula is C22H16O6. The Kier molecular flexibility index (Phi) is 3.90. The Morgan fingerprint density at radius 2 is 1.36 bits per heavy atom. The average molecular weight is 376 g/mol. The van der Waals surface area contributed by atoms with E-state index in [1.807, 2.05) is 0 Å². The van der Waals surface area contributed by atoms with E-state index >= 15 is 0 Å². The number of epoxide rings is 1. The van der Waals surface area contributed by atoms with Crippen LogP contribution in [0.4, 0.5) is 0 Å². The van der Waals surface area contributed by atoms with E-state index in [0.717, 1.165) is 0 Å². The first-order valence-electron chi connectivity index (χ1n) is 8.71. The Morgan fingerprint density at radius 1 is 0.821 bits per heavy atom. The van der Waals surface area contributed by atoms with Crippen molar-refractivity contribution in [1.82, 2.24) is 0 Å². The summed E-state index contributed by atoms with van der Waals surface area (Å²) >= 11 is 0. The van der Waals surface area contributed by atoms with Gasteiger partial charge in [0.05, 0.1) is 0 Å². The number of hydrogen-bond acceptors (Lipinski definition) is 6. The predicted octanol–water partition coefficient (Wildman–Crippen LogP) is 2.96. The summed E-state index contributed by atoms with van der Waals surface area (Å²) in [6, 6.07) is 13.4. The number of Topliss-reactive ketones (excluding diaryl/α,β-unsaturated/α-hetero) is 4. The van der Waals surface area contributed by atoms with E-state index in [-0.39, 0.29) is 28.5 Å². The van der Waals surface area contributed by atoms with Crippen LogP contribution in [0.2, 0.25) is 0 Å². The second-order valence-corrected chi connectivity index (χ2v) is 7.02. The third-order valence-electron chi connectivity index (χ3n) is 5.26. The highest BCUT2D eigenvalue weighted by atomic mass is 16.6. The number of allylic oxidation sites excluding steroid dienone is 1. The molecule has 2 aromatic carbocycles. The number of fused-ring (bicyclic) bond motifs is 3. The lowest BCUT2D eigenvalue weighted by molar-refractivity contribution is -0.111. The van der Waals surface area contributed by atoms with Gasteiger partial charge in [0.15, 0.2) is 23.3 Å². The van der Waals surface area contributed by atoms with Crippen molar-refractivity contribution in [3.8, 4) is 0 Å². The van der Waals surface area contributed by atoms with Crippen molar-refractivity contribution >= 4 is 28.9 Å². The molecule has 0 spiro atoms. The molecule has 6 heteroatoms. The zero-order valence-corrected chi connectivity index (χ0v) is 15.2. The summed E-state index contributed by atoms with van der Waals surface area (Å²) in [6.07, 6.45) is -0.537. The molecule has 1 fully saturated rings. The smallest absolute Gasteiger partial charge is 0.234 e. The molecule has 2 aromatic rings. The number of rotatable bonds is 0. The number of aliphatic hydroxyl groups is 1. The zero-order chi connectivity index (χ0) is 20.2. The Morgan fingerprint density at radius 3 is 2.00 bits per heavy atom. The van der Waals surface area contributed by atoms with Gasteiger partial charge in [-0.2, -0.15) is 0 Å². The van der Waals surface area contributed by atoms with Gasteiger partial charge in [0, 0.05) is 27.8 Å². The average Bonchev–Trinajstić information content (AvgIpc) is 3.43. The standard InChI is InChI=1S/2C11H8O3/c1-11-9(13)7-5-3-2-4-6(7)8(12)10(11)14-11;1-6-9(12)7-4-2-3-5-8(7)11(14)10(6)13/h2-5,10H,1H3;2-5,12H,1H3. The second kappa shape index (κ2) is 6.07. The van der Waals surface area contributed by atoms with E-state index in [1.165, 1.54) is 13.0 Å². The van der Waals surface area contributed by atoms with Crippen molar-refractivity contribution in [3.63, 3.8) is 0 Å². The largest absolute Gasteiger partial charge is 0.507 e. The van der Waals surface area contributed by atoms with Gasteiger partial charge in [-0.3, -0.25) is 19.2 Å². The highest BCUT2D eigenvalue weighted by Gasteiger charge is 2.65. The number of benzene rings is 2. The van der Waals surface area contributed by atoms with Crippen LogP contribution >= 0.6 is 0 Å². The molecule has 1 N–H and O–H groups in total. The normalized spacial score (nSPS) is 24.7. The first kappa shape index (κ1) is 18.0. The maximum atomic E-state index is 11.8. The fourth-order valence-corrected chi connectivity index (χ4v) is 3.48. The third kappa shape index (κ3) is 2.46. The molecule has 1 aliphatic heterocycles. The first-order chi connectivity index (χ1) is 13.3. The van der Waals surface area contributed by atoms with Gasteiger partial charge in [0.2, 0.25) is 11.6 Å². The van der Waals surface area contributed by atoms with Crippen molar-refractivity contribution in [1.29, 1.82) is 0 Å². The van der Waals surface area contributed by atoms with Gasteiger partial charge in [-0.1, -0.05) is 48.5 Å². The molecule has 3 aliphatic rings. The van der Waals surface area contributed by atoms with Crippen LogP contribution in [0.1, 0.15) is 50.5 Å². The molecule has 2 aliphatic carbocycles. The van der Waals surface area contributed by atoms with Gasteiger partial charge in [0.25, 0.3) is 0 Å². The molecule has 140 valence electrons. The van der Waals surface area contributed by atoms with Gasteiger partial charge in [0.1, 0.15) is 5.76 Å². The van der Waals surface area contributed by atoms with Crippen LogP contribution in [0, 0.1) is 0 Å². The summed E-state index contributed by atoms with van der Waals surface area (Å²) in [4.78, 5) is 46.4. The number of ether oxygens (including phenoxy) is 1. The Hall–Kier alpha value is -3.38. The molecular weight excluding hydrogens is 360 g/mol. The minimum absolute atomic E-state index is 0.0669. The second-order valence-electron chi connectivity index (χ2n) is 7.02. The topological polar surface area (TPSA) is 101 Å². The Balaban J connectivity index is 0.000000137. The van der Waals surface area contributed by atoms with Crippen LogP contribution < -0.4 is 0 Å². The summed E-state index contributed by atoms with van der Waals surface area (Å²) in [5.41, 5.74) is 0.959. The molecule has 0 radical (unpaired) electrons. The number of hydrogen-bond donors (Lipinski definition) is 1. The third-order valence-corrected chi connectivity index (χ3v) is 5.26. The summed E-state index contributed by atoms with van der Waals surface area (Å²) < 4.78 is 5.17. The molecule has 0 amide bonds. The molecule has 2 unspecified atom stereocenters.